The van der Waals surface area contributed by atoms with Gasteiger partial charge in [-0.1, -0.05) is 0 Å². The SMILES string of the molecule is CCOc1cccnc1NCCC(=O)N1CCCCC1. The second kappa shape index (κ2) is 7.72. The highest BCUT2D eigenvalue weighted by Gasteiger charge is 2.15. The van der Waals surface area contributed by atoms with E-state index in [1.54, 1.807) is 6.20 Å². The first-order valence-electron chi connectivity index (χ1n) is 7.40. The van der Waals surface area contributed by atoms with Gasteiger partial charge in [-0.15, -0.1) is 0 Å². The molecule has 1 aromatic rings. The van der Waals surface area contributed by atoms with E-state index in [2.05, 4.69) is 10.3 Å². The number of aromatic nitrogens is 1. The van der Waals surface area contributed by atoms with Gasteiger partial charge < -0.3 is 15.0 Å². The Morgan fingerprint density at radius 2 is 2.20 bits per heavy atom. The fourth-order valence-electron chi connectivity index (χ4n) is 2.38. The summed E-state index contributed by atoms with van der Waals surface area (Å²) in [6.07, 6.45) is 5.73. The number of nitrogens with one attached hydrogen (secondary N) is 1. The van der Waals surface area contributed by atoms with E-state index >= 15 is 0 Å². The van der Waals surface area contributed by atoms with E-state index in [-0.39, 0.29) is 5.91 Å². The number of anilines is 1. The molecule has 1 saturated heterocycles. The molecule has 1 aliphatic heterocycles. The van der Waals surface area contributed by atoms with Crippen LogP contribution in [-0.2, 0) is 4.79 Å². The Bertz CT molecular complexity index is 431. The molecule has 0 aromatic carbocycles. The van der Waals surface area contributed by atoms with Gasteiger partial charge in [0.05, 0.1) is 6.61 Å². The van der Waals surface area contributed by atoms with Gasteiger partial charge in [0.1, 0.15) is 0 Å². The summed E-state index contributed by atoms with van der Waals surface area (Å²) in [6, 6.07) is 3.72. The maximum atomic E-state index is 12.0. The quantitative estimate of drug-likeness (QED) is 0.867. The molecule has 110 valence electrons. The third-order valence-electron chi connectivity index (χ3n) is 3.41. The van der Waals surface area contributed by atoms with E-state index in [1.165, 1.54) is 6.42 Å². The van der Waals surface area contributed by atoms with E-state index in [1.807, 2.05) is 24.0 Å². The molecule has 0 bridgehead atoms. The van der Waals surface area contributed by atoms with Crippen LogP contribution >= 0.6 is 0 Å². The summed E-state index contributed by atoms with van der Waals surface area (Å²) in [7, 11) is 0. The van der Waals surface area contributed by atoms with Crippen LogP contribution in [0.1, 0.15) is 32.6 Å². The number of pyridine rings is 1. The van der Waals surface area contributed by atoms with E-state index in [0.717, 1.165) is 31.7 Å². The molecule has 5 nitrogen and oxygen atoms in total. The Balaban J connectivity index is 1.79. The molecule has 2 rings (SSSR count). The van der Waals surface area contributed by atoms with Crippen LogP contribution < -0.4 is 10.1 Å². The van der Waals surface area contributed by atoms with Gasteiger partial charge in [-0.2, -0.15) is 0 Å². The van der Waals surface area contributed by atoms with E-state index in [0.29, 0.717) is 25.4 Å². The van der Waals surface area contributed by atoms with Gasteiger partial charge in [0, 0.05) is 32.3 Å². The van der Waals surface area contributed by atoms with Crippen LogP contribution in [0.2, 0.25) is 0 Å². The smallest absolute Gasteiger partial charge is 0.224 e. The standard InChI is InChI=1S/C15H23N3O2/c1-2-20-13-7-6-9-16-15(13)17-10-8-14(19)18-11-4-3-5-12-18/h6-7,9H,2-5,8,10-12H2,1H3,(H,16,17). The summed E-state index contributed by atoms with van der Waals surface area (Å²) in [5.74, 6) is 1.67. The molecule has 1 N–H and O–H groups in total. The third kappa shape index (κ3) is 4.11. The molecular weight excluding hydrogens is 254 g/mol. The van der Waals surface area contributed by atoms with Crippen molar-refractivity contribution in [2.24, 2.45) is 0 Å². The van der Waals surface area contributed by atoms with Crippen molar-refractivity contribution in [3.63, 3.8) is 0 Å². The number of carbonyl (C=O) groups is 1. The number of ether oxygens (including phenoxy) is 1. The molecule has 0 unspecified atom stereocenters. The summed E-state index contributed by atoms with van der Waals surface area (Å²) in [4.78, 5) is 18.2. The lowest BCUT2D eigenvalue weighted by Gasteiger charge is -2.26. The van der Waals surface area contributed by atoms with Gasteiger partial charge in [-0.25, -0.2) is 4.98 Å². The zero-order valence-corrected chi connectivity index (χ0v) is 12.1. The van der Waals surface area contributed by atoms with Crippen LogP contribution in [0.5, 0.6) is 5.75 Å². The van der Waals surface area contributed by atoms with Gasteiger partial charge in [-0.05, 0) is 38.3 Å². The number of piperidine rings is 1. The molecule has 1 aliphatic rings. The van der Waals surface area contributed by atoms with Gasteiger partial charge in [-0.3, -0.25) is 4.79 Å². The lowest BCUT2D eigenvalue weighted by molar-refractivity contribution is -0.131. The molecule has 0 radical (unpaired) electrons. The normalized spacial score (nSPS) is 14.9. The number of rotatable bonds is 6. The maximum absolute atomic E-state index is 12.0. The zero-order valence-electron chi connectivity index (χ0n) is 12.1. The summed E-state index contributed by atoms with van der Waals surface area (Å²) < 4.78 is 5.49. The fourth-order valence-corrected chi connectivity index (χ4v) is 2.38. The summed E-state index contributed by atoms with van der Waals surface area (Å²) in [5.41, 5.74) is 0. The van der Waals surface area contributed by atoms with Crippen LogP contribution in [0, 0.1) is 0 Å². The van der Waals surface area contributed by atoms with E-state index in [4.69, 9.17) is 4.74 Å². The molecule has 1 aromatic heterocycles. The van der Waals surface area contributed by atoms with Crippen molar-refractivity contribution in [2.45, 2.75) is 32.6 Å². The summed E-state index contributed by atoms with van der Waals surface area (Å²) >= 11 is 0. The average Bonchev–Trinajstić information content (AvgIpc) is 2.50. The summed E-state index contributed by atoms with van der Waals surface area (Å²) in [5, 5.41) is 3.18. The zero-order chi connectivity index (χ0) is 14.2. The van der Waals surface area contributed by atoms with Crippen molar-refractivity contribution in [3.8, 4) is 5.75 Å². The predicted molar refractivity (Wildman–Crippen MR) is 78.9 cm³/mol. The van der Waals surface area contributed by atoms with Crippen LogP contribution in [0.4, 0.5) is 5.82 Å². The highest BCUT2D eigenvalue weighted by Crippen LogP contribution is 2.20. The average molecular weight is 277 g/mol. The molecule has 2 heterocycles. The molecule has 0 spiro atoms. The van der Waals surface area contributed by atoms with Crippen molar-refractivity contribution in [1.82, 2.24) is 9.88 Å². The number of carbonyl (C=O) groups excluding carboxylic acids is 1. The van der Waals surface area contributed by atoms with Crippen molar-refractivity contribution < 1.29 is 9.53 Å². The predicted octanol–water partition coefficient (Wildman–Crippen LogP) is 2.29. The summed E-state index contributed by atoms with van der Waals surface area (Å²) in [6.45, 7) is 4.95. The fraction of sp³-hybridized carbons (Fsp3) is 0.600. The van der Waals surface area contributed by atoms with Gasteiger partial charge in [0.25, 0.3) is 0 Å². The van der Waals surface area contributed by atoms with Crippen LogP contribution in [-0.4, -0.2) is 42.0 Å². The molecular formula is C15H23N3O2. The van der Waals surface area contributed by atoms with Gasteiger partial charge in [0.2, 0.25) is 5.91 Å². The Hall–Kier alpha value is -1.78. The second-order valence-electron chi connectivity index (χ2n) is 4.90. The Kier molecular flexibility index (Phi) is 5.65. The molecule has 0 saturated carbocycles. The third-order valence-corrected chi connectivity index (χ3v) is 3.41. The molecule has 5 heteroatoms. The lowest BCUT2D eigenvalue weighted by atomic mass is 10.1. The first-order valence-corrected chi connectivity index (χ1v) is 7.40. The molecule has 0 aliphatic carbocycles. The second-order valence-corrected chi connectivity index (χ2v) is 4.90. The molecule has 1 fully saturated rings. The van der Waals surface area contributed by atoms with E-state index in [9.17, 15) is 4.79 Å². The maximum Gasteiger partial charge on any atom is 0.224 e. The number of amides is 1. The van der Waals surface area contributed by atoms with Gasteiger partial charge >= 0.3 is 0 Å². The topological polar surface area (TPSA) is 54.5 Å². The van der Waals surface area contributed by atoms with Crippen LogP contribution in [0.25, 0.3) is 0 Å². The minimum atomic E-state index is 0.228. The van der Waals surface area contributed by atoms with Crippen LogP contribution in [0.3, 0.4) is 0 Å². The molecule has 1 amide bonds. The Morgan fingerprint density at radius 3 is 2.95 bits per heavy atom. The first-order chi connectivity index (χ1) is 9.81. The Morgan fingerprint density at radius 1 is 1.40 bits per heavy atom. The van der Waals surface area contributed by atoms with Gasteiger partial charge in [0.15, 0.2) is 11.6 Å². The minimum Gasteiger partial charge on any atom is -0.490 e. The van der Waals surface area contributed by atoms with Crippen LogP contribution in [0.15, 0.2) is 18.3 Å². The van der Waals surface area contributed by atoms with Crippen molar-refractivity contribution in [3.05, 3.63) is 18.3 Å². The van der Waals surface area contributed by atoms with Crippen molar-refractivity contribution in [1.29, 1.82) is 0 Å². The molecule has 20 heavy (non-hydrogen) atoms. The minimum absolute atomic E-state index is 0.228. The highest BCUT2D eigenvalue weighted by molar-refractivity contribution is 5.76. The van der Waals surface area contributed by atoms with Crippen molar-refractivity contribution in [2.75, 3.05) is 31.6 Å². The number of hydrogen-bond acceptors (Lipinski definition) is 4. The van der Waals surface area contributed by atoms with Crippen molar-refractivity contribution >= 4 is 11.7 Å². The molecule has 0 atom stereocenters. The Labute approximate surface area is 120 Å². The highest BCUT2D eigenvalue weighted by atomic mass is 16.5. The number of nitrogens with zero attached hydrogens (tertiary/aromatic N) is 2. The number of likely N-dealkylation sites (tertiary alicyclic amines) is 1. The largest absolute Gasteiger partial charge is 0.490 e. The lowest BCUT2D eigenvalue weighted by Crippen LogP contribution is -2.36. The monoisotopic (exact) mass is 277 g/mol. The first kappa shape index (κ1) is 14.6. The number of hydrogen-bond donors (Lipinski definition) is 1. The van der Waals surface area contributed by atoms with E-state index < -0.39 is 0 Å².